The van der Waals surface area contributed by atoms with Crippen LogP contribution in [0.2, 0.25) is 0 Å². The van der Waals surface area contributed by atoms with Crippen molar-refractivity contribution < 1.29 is 23.5 Å². The molecule has 2 aliphatic heterocycles. The van der Waals surface area contributed by atoms with Gasteiger partial charge < -0.3 is 4.74 Å². The fourth-order valence-corrected chi connectivity index (χ4v) is 4.28. The molecule has 0 aliphatic carbocycles. The Kier molecular flexibility index (Phi) is 4.84. The second-order valence-electron chi connectivity index (χ2n) is 6.65. The van der Waals surface area contributed by atoms with Gasteiger partial charge in [-0.3, -0.25) is 24.6 Å². The number of carbonyl (C=O) groups excluding carboxylic acids is 3. The Balaban J connectivity index is 2.13. The molecule has 0 unspecified atom stereocenters. The summed E-state index contributed by atoms with van der Waals surface area (Å²) in [5.41, 5.74) is -0.757. The minimum absolute atomic E-state index is 0.171. The molecule has 3 rings (SSSR count). The predicted molar refractivity (Wildman–Crippen MR) is 91.3 cm³/mol. The first kappa shape index (κ1) is 18.5. The normalized spacial score (nSPS) is 30.6. The maximum atomic E-state index is 13.8. The number of benzene rings is 1. The number of imide groups is 1. The molecule has 2 saturated heterocycles. The first-order valence-corrected chi connectivity index (χ1v) is 8.96. The Hall–Kier alpha value is -2.28. The predicted octanol–water partition coefficient (Wildman–Crippen LogP) is 1.80. The summed E-state index contributed by atoms with van der Waals surface area (Å²) in [4.78, 5) is 39.8. The SMILES string of the molecule is CCOC(=O)[C@]1(CC)N[C@H](c2cccc(F)c2)[C@@H]2C(=O)N(CC)C(=O)[C@H]21. The first-order valence-electron chi connectivity index (χ1n) is 8.96. The van der Waals surface area contributed by atoms with Crippen LogP contribution in [0.1, 0.15) is 38.8 Å². The van der Waals surface area contributed by atoms with Crippen LogP contribution >= 0.6 is 0 Å². The minimum atomic E-state index is -1.30. The van der Waals surface area contributed by atoms with Crippen molar-refractivity contribution in [2.75, 3.05) is 13.2 Å². The van der Waals surface area contributed by atoms with Crippen LogP contribution in [0.4, 0.5) is 4.39 Å². The summed E-state index contributed by atoms with van der Waals surface area (Å²) >= 11 is 0. The molecule has 7 heteroatoms. The zero-order valence-corrected chi connectivity index (χ0v) is 15.1. The number of carbonyl (C=O) groups is 3. The number of amides is 2. The van der Waals surface area contributed by atoms with Crippen molar-refractivity contribution in [3.8, 4) is 0 Å². The molecule has 1 N–H and O–H groups in total. The van der Waals surface area contributed by atoms with Crippen LogP contribution in [0.3, 0.4) is 0 Å². The van der Waals surface area contributed by atoms with Crippen LogP contribution in [0.5, 0.6) is 0 Å². The van der Waals surface area contributed by atoms with Gasteiger partial charge in [0.1, 0.15) is 11.4 Å². The van der Waals surface area contributed by atoms with Gasteiger partial charge in [0.25, 0.3) is 0 Å². The number of esters is 1. The van der Waals surface area contributed by atoms with E-state index in [-0.39, 0.29) is 31.4 Å². The van der Waals surface area contributed by atoms with Gasteiger partial charge in [-0.25, -0.2) is 4.39 Å². The first-order chi connectivity index (χ1) is 12.4. The summed E-state index contributed by atoms with van der Waals surface area (Å²) in [7, 11) is 0. The van der Waals surface area contributed by atoms with Gasteiger partial charge in [0.15, 0.2) is 0 Å². The largest absolute Gasteiger partial charge is 0.465 e. The zero-order chi connectivity index (χ0) is 19.1. The topological polar surface area (TPSA) is 75.7 Å². The van der Waals surface area contributed by atoms with Crippen LogP contribution in [0.25, 0.3) is 0 Å². The van der Waals surface area contributed by atoms with Gasteiger partial charge in [0.05, 0.1) is 18.4 Å². The van der Waals surface area contributed by atoms with Gasteiger partial charge in [-0.15, -0.1) is 0 Å². The number of likely N-dealkylation sites (tertiary alicyclic amines) is 1. The monoisotopic (exact) mass is 362 g/mol. The molecule has 6 nitrogen and oxygen atoms in total. The molecule has 0 bridgehead atoms. The van der Waals surface area contributed by atoms with Crippen molar-refractivity contribution in [1.82, 2.24) is 10.2 Å². The number of ether oxygens (including phenoxy) is 1. The van der Waals surface area contributed by atoms with Crippen molar-refractivity contribution in [2.45, 2.75) is 38.8 Å². The lowest BCUT2D eigenvalue weighted by molar-refractivity contribution is -0.156. The van der Waals surface area contributed by atoms with Crippen molar-refractivity contribution in [3.63, 3.8) is 0 Å². The zero-order valence-electron chi connectivity index (χ0n) is 15.1. The molecule has 0 saturated carbocycles. The number of rotatable bonds is 5. The summed E-state index contributed by atoms with van der Waals surface area (Å²) in [6, 6.07) is 5.26. The van der Waals surface area contributed by atoms with Crippen molar-refractivity contribution in [1.29, 1.82) is 0 Å². The van der Waals surface area contributed by atoms with E-state index in [4.69, 9.17) is 4.74 Å². The molecule has 2 fully saturated rings. The van der Waals surface area contributed by atoms with E-state index in [2.05, 4.69) is 5.32 Å². The number of nitrogens with one attached hydrogen (secondary N) is 1. The van der Waals surface area contributed by atoms with Crippen molar-refractivity contribution in [2.24, 2.45) is 11.8 Å². The third-order valence-electron chi connectivity index (χ3n) is 5.47. The Morgan fingerprint density at radius 2 is 2.00 bits per heavy atom. The highest BCUT2D eigenvalue weighted by atomic mass is 19.1. The number of fused-ring (bicyclic) bond motifs is 1. The van der Waals surface area contributed by atoms with E-state index in [0.717, 1.165) is 0 Å². The van der Waals surface area contributed by atoms with Crippen molar-refractivity contribution in [3.05, 3.63) is 35.6 Å². The number of nitrogens with zero attached hydrogens (tertiary/aromatic N) is 1. The van der Waals surface area contributed by atoms with E-state index >= 15 is 0 Å². The molecule has 140 valence electrons. The third kappa shape index (κ3) is 2.53. The standard InChI is InChI=1S/C19H23FN2O4/c1-4-19(18(25)26-6-3)14-13(16(23)22(5-2)17(14)24)15(21-19)11-8-7-9-12(20)10-11/h7-10,13-15,21H,4-6H2,1-3H3/t13-,14+,15-,19-/m1/s1. The Morgan fingerprint density at radius 1 is 1.27 bits per heavy atom. The maximum absolute atomic E-state index is 13.8. The number of hydrogen-bond donors (Lipinski definition) is 1. The van der Waals surface area contributed by atoms with Crippen LogP contribution < -0.4 is 5.32 Å². The average molecular weight is 362 g/mol. The molecule has 0 spiro atoms. The highest BCUT2D eigenvalue weighted by Crippen LogP contribution is 2.50. The summed E-state index contributed by atoms with van der Waals surface area (Å²) in [6.45, 7) is 5.60. The molecule has 4 atom stereocenters. The average Bonchev–Trinajstić information content (AvgIpc) is 3.10. The lowest BCUT2D eigenvalue weighted by Gasteiger charge is -2.31. The minimum Gasteiger partial charge on any atom is -0.465 e. The summed E-state index contributed by atoms with van der Waals surface area (Å²) in [5, 5.41) is 3.18. The molecule has 0 aromatic heterocycles. The van der Waals surface area contributed by atoms with Gasteiger partial charge in [-0.2, -0.15) is 0 Å². The van der Waals surface area contributed by atoms with E-state index in [1.54, 1.807) is 32.9 Å². The van der Waals surface area contributed by atoms with Gasteiger partial charge in [0, 0.05) is 12.6 Å². The van der Waals surface area contributed by atoms with Gasteiger partial charge >= 0.3 is 5.97 Å². The fraction of sp³-hybridized carbons (Fsp3) is 0.526. The maximum Gasteiger partial charge on any atom is 0.327 e. The van der Waals surface area contributed by atoms with Crippen molar-refractivity contribution >= 4 is 17.8 Å². The Labute approximate surface area is 151 Å². The van der Waals surface area contributed by atoms with E-state index in [0.29, 0.717) is 5.56 Å². The van der Waals surface area contributed by atoms with Crippen LogP contribution in [0, 0.1) is 17.7 Å². The summed E-state index contributed by atoms with van der Waals surface area (Å²) < 4.78 is 19.0. The highest BCUT2D eigenvalue weighted by Gasteiger charge is 2.67. The second-order valence-corrected chi connectivity index (χ2v) is 6.65. The molecule has 2 aliphatic rings. The third-order valence-corrected chi connectivity index (χ3v) is 5.47. The van der Waals surface area contributed by atoms with E-state index in [1.807, 2.05) is 0 Å². The molecule has 1 aromatic carbocycles. The molecular weight excluding hydrogens is 339 g/mol. The number of hydrogen-bond acceptors (Lipinski definition) is 5. The quantitative estimate of drug-likeness (QED) is 0.639. The summed E-state index contributed by atoms with van der Waals surface area (Å²) in [6.07, 6.45) is 0.287. The fourth-order valence-electron chi connectivity index (χ4n) is 4.28. The Bertz CT molecular complexity index is 753. The molecule has 0 radical (unpaired) electrons. The molecular formula is C19H23FN2O4. The smallest absolute Gasteiger partial charge is 0.327 e. The van der Waals surface area contributed by atoms with Gasteiger partial charge in [0.2, 0.25) is 11.8 Å². The summed E-state index contributed by atoms with van der Waals surface area (Å²) in [5.74, 6) is -3.29. The molecule has 1 aromatic rings. The number of halogens is 1. The highest BCUT2D eigenvalue weighted by molar-refractivity contribution is 6.09. The van der Waals surface area contributed by atoms with E-state index < -0.39 is 35.2 Å². The van der Waals surface area contributed by atoms with Gasteiger partial charge in [-0.1, -0.05) is 19.1 Å². The lowest BCUT2D eigenvalue weighted by atomic mass is 9.78. The van der Waals surface area contributed by atoms with Crippen LogP contribution in [-0.2, 0) is 19.1 Å². The molecule has 2 amide bonds. The van der Waals surface area contributed by atoms with Crippen LogP contribution in [-0.4, -0.2) is 41.4 Å². The molecule has 26 heavy (non-hydrogen) atoms. The van der Waals surface area contributed by atoms with E-state index in [1.165, 1.54) is 17.0 Å². The molecule has 2 heterocycles. The second kappa shape index (κ2) is 6.79. The van der Waals surface area contributed by atoms with Gasteiger partial charge in [-0.05, 0) is 38.0 Å². The van der Waals surface area contributed by atoms with Crippen LogP contribution in [0.15, 0.2) is 24.3 Å². The lowest BCUT2D eigenvalue weighted by Crippen LogP contribution is -2.56. The Morgan fingerprint density at radius 3 is 2.58 bits per heavy atom. The van der Waals surface area contributed by atoms with E-state index in [9.17, 15) is 18.8 Å².